The van der Waals surface area contributed by atoms with E-state index >= 15 is 0 Å². The van der Waals surface area contributed by atoms with Gasteiger partial charge in [-0.15, -0.1) is 0 Å². The summed E-state index contributed by atoms with van der Waals surface area (Å²) in [6, 6.07) is -0.255. The number of aliphatic hydroxyl groups is 1. The number of hydrogen-bond donors (Lipinski definition) is 3. The number of aliphatic hydroxyl groups excluding tert-OH is 1. The van der Waals surface area contributed by atoms with Crippen molar-refractivity contribution in [2.24, 2.45) is 0 Å². The van der Waals surface area contributed by atoms with Crippen LogP contribution in [-0.4, -0.2) is 53.4 Å². The number of carboxylic acid groups (broad SMARTS) is 1. The minimum absolute atomic E-state index is 0.0149. The summed E-state index contributed by atoms with van der Waals surface area (Å²) in [6.45, 7) is 2.76. The van der Waals surface area contributed by atoms with E-state index < -0.39 is 12.1 Å². The predicted octanol–water partition coefficient (Wildman–Crippen LogP) is -0.127. The molecule has 0 unspecified atom stereocenters. The van der Waals surface area contributed by atoms with Gasteiger partial charge < -0.3 is 20.4 Å². The molecule has 0 aliphatic carbocycles. The molecule has 88 valence electrons. The van der Waals surface area contributed by atoms with Gasteiger partial charge in [0.25, 0.3) is 0 Å². The Hall–Kier alpha value is -1.30. The van der Waals surface area contributed by atoms with Gasteiger partial charge in [-0.25, -0.2) is 9.59 Å². The molecule has 2 amide bonds. The van der Waals surface area contributed by atoms with E-state index in [1.165, 1.54) is 4.90 Å². The topological polar surface area (TPSA) is 89.9 Å². The molecule has 0 aromatic rings. The highest BCUT2D eigenvalue weighted by Crippen LogP contribution is 1.91. The van der Waals surface area contributed by atoms with Gasteiger partial charge in [0.1, 0.15) is 0 Å². The van der Waals surface area contributed by atoms with Gasteiger partial charge in [-0.3, -0.25) is 0 Å². The average Bonchev–Trinajstić information content (AvgIpc) is 2.17. The Labute approximate surface area is 88.9 Å². The number of amides is 2. The Bertz CT molecular complexity index is 220. The molecule has 0 aliphatic rings. The van der Waals surface area contributed by atoms with Crippen molar-refractivity contribution in [1.82, 2.24) is 10.2 Å². The molecule has 6 heteroatoms. The molecule has 0 radical (unpaired) electrons. The van der Waals surface area contributed by atoms with Crippen LogP contribution < -0.4 is 5.32 Å². The smallest absolute Gasteiger partial charge is 0.332 e. The molecule has 0 aliphatic heterocycles. The molecule has 0 bridgehead atoms. The van der Waals surface area contributed by atoms with Crippen molar-refractivity contribution >= 4 is 12.0 Å². The Morgan fingerprint density at radius 1 is 1.47 bits per heavy atom. The Balaban J connectivity index is 3.67. The molecule has 0 fully saturated rings. The standard InChI is InChI=1S/C9H18N2O4/c1-3-6-11(2)9(15)10-5-4-7(12)8(13)14/h7,12H,3-6H2,1-2H3,(H,10,15)(H,13,14)/t7-/m0/s1. The monoisotopic (exact) mass is 218 g/mol. The lowest BCUT2D eigenvalue weighted by Gasteiger charge is -2.17. The van der Waals surface area contributed by atoms with Crippen molar-refractivity contribution in [3.63, 3.8) is 0 Å². The average molecular weight is 218 g/mol. The van der Waals surface area contributed by atoms with Gasteiger partial charge in [0.05, 0.1) is 0 Å². The molecule has 1 atom stereocenters. The molecule has 0 spiro atoms. The number of urea groups is 1. The normalized spacial score (nSPS) is 11.9. The molecule has 0 saturated carbocycles. The van der Waals surface area contributed by atoms with Gasteiger partial charge in [-0.1, -0.05) is 6.92 Å². The van der Waals surface area contributed by atoms with Crippen LogP contribution in [0, 0.1) is 0 Å². The number of carbonyl (C=O) groups excluding carboxylic acids is 1. The number of hydrogen-bond acceptors (Lipinski definition) is 3. The summed E-state index contributed by atoms with van der Waals surface area (Å²) in [7, 11) is 1.66. The highest BCUT2D eigenvalue weighted by atomic mass is 16.4. The first-order chi connectivity index (χ1) is 6.99. The number of nitrogens with zero attached hydrogens (tertiary/aromatic N) is 1. The summed E-state index contributed by atoms with van der Waals surface area (Å²) in [5, 5.41) is 19.8. The van der Waals surface area contributed by atoms with Crippen LogP contribution in [0.5, 0.6) is 0 Å². The summed E-state index contributed by atoms with van der Waals surface area (Å²) in [5.41, 5.74) is 0. The van der Waals surface area contributed by atoms with Crippen LogP contribution in [0.2, 0.25) is 0 Å². The maximum absolute atomic E-state index is 11.3. The van der Waals surface area contributed by atoms with Crippen LogP contribution in [0.25, 0.3) is 0 Å². The highest BCUT2D eigenvalue weighted by Gasteiger charge is 2.13. The van der Waals surface area contributed by atoms with Gasteiger partial charge in [0.15, 0.2) is 6.10 Å². The van der Waals surface area contributed by atoms with E-state index in [4.69, 9.17) is 10.2 Å². The third-order valence-electron chi connectivity index (χ3n) is 1.88. The van der Waals surface area contributed by atoms with E-state index in [0.29, 0.717) is 6.54 Å². The minimum atomic E-state index is -1.42. The summed E-state index contributed by atoms with van der Waals surface area (Å²) in [6.07, 6.45) is -0.537. The summed E-state index contributed by atoms with van der Waals surface area (Å²) >= 11 is 0. The molecule has 0 saturated heterocycles. The maximum Gasteiger partial charge on any atom is 0.332 e. The fourth-order valence-corrected chi connectivity index (χ4v) is 1.01. The van der Waals surface area contributed by atoms with E-state index in [1.54, 1.807) is 7.05 Å². The van der Waals surface area contributed by atoms with Crippen LogP contribution in [0.3, 0.4) is 0 Å². The lowest BCUT2D eigenvalue weighted by Crippen LogP contribution is -2.39. The molecule has 0 heterocycles. The molecular weight excluding hydrogens is 200 g/mol. The van der Waals surface area contributed by atoms with Crippen molar-refractivity contribution in [3.05, 3.63) is 0 Å². The minimum Gasteiger partial charge on any atom is -0.479 e. The summed E-state index contributed by atoms with van der Waals surface area (Å²) in [4.78, 5) is 23.0. The van der Waals surface area contributed by atoms with Gasteiger partial charge >= 0.3 is 12.0 Å². The summed E-state index contributed by atoms with van der Waals surface area (Å²) in [5.74, 6) is -1.27. The largest absolute Gasteiger partial charge is 0.479 e. The number of nitrogens with one attached hydrogen (secondary N) is 1. The van der Waals surface area contributed by atoms with Crippen molar-refractivity contribution in [2.45, 2.75) is 25.9 Å². The molecule has 0 aromatic heterocycles. The zero-order chi connectivity index (χ0) is 11.8. The van der Waals surface area contributed by atoms with E-state index in [2.05, 4.69) is 5.32 Å². The van der Waals surface area contributed by atoms with E-state index in [1.807, 2.05) is 6.92 Å². The molecule has 15 heavy (non-hydrogen) atoms. The molecule has 0 aromatic carbocycles. The van der Waals surface area contributed by atoms with Gasteiger partial charge in [-0.05, 0) is 6.42 Å². The first-order valence-corrected chi connectivity index (χ1v) is 4.88. The van der Waals surface area contributed by atoms with E-state index in [0.717, 1.165) is 6.42 Å². The van der Waals surface area contributed by atoms with Crippen molar-refractivity contribution in [2.75, 3.05) is 20.1 Å². The fraction of sp³-hybridized carbons (Fsp3) is 0.778. The second-order valence-electron chi connectivity index (χ2n) is 3.30. The molecule has 3 N–H and O–H groups in total. The Kier molecular flexibility index (Phi) is 6.44. The van der Waals surface area contributed by atoms with Gasteiger partial charge in [0, 0.05) is 26.6 Å². The zero-order valence-corrected chi connectivity index (χ0v) is 9.06. The highest BCUT2D eigenvalue weighted by molar-refractivity contribution is 5.74. The second kappa shape index (κ2) is 7.05. The van der Waals surface area contributed by atoms with E-state index in [-0.39, 0.29) is 19.0 Å². The molecular formula is C9H18N2O4. The van der Waals surface area contributed by atoms with Gasteiger partial charge in [-0.2, -0.15) is 0 Å². The van der Waals surface area contributed by atoms with Crippen molar-refractivity contribution in [1.29, 1.82) is 0 Å². The number of carbonyl (C=O) groups is 2. The van der Waals surface area contributed by atoms with Crippen LogP contribution >= 0.6 is 0 Å². The zero-order valence-electron chi connectivity index (χ0n) is 9.06. The third kappa shape index (κ3) is 5.90. The molecule has 6 nitrogen and oxygen atoms in total. The van der Waals surface area contributed by atoms with Crippen LogP contribution in [0.1, 0.15) is 19.8 Å². The fourth-order valence-electron chi connectivity index (χ4n) is 1.01. The quantitative estimate of drug-likeness (QED) is 0.579. The second-order valence-corrected chi connectivity index (χ2v) is 3.30. The van der Waals surface area contributed by atoms with Crippen molar-refractivity contribution < 1.29 is 19.8 Å². The number of rotatable bonds is 6. The SMILES string of the molecule is CCCN(C)C(=O)NCC[C@H](O)C(=O)O. The van der Waals surface area contributed by atoms with Crippen LogP contribution in [-0.2, 0) is 4.79 Å². The van der Waals surface area contributed by atoms with Crippen molar-refractivity contribution in [3.8, 4) is 0 Å². The van der Waals surface area contributed by atoms with Gasteiger partial charge in [0.2, 0.25) is 0 Å². The first-order valence-electron chi connectivity index (χ1n) is 4.88. The predicted molar refractivity (Wildman–Crippen MR) is 54.6 cm³/mol. The number of carboxylic acids is 1. The molecule has 0 rings (SSSR count). The lowest BCUT2D eigenvalue weighted by molar-refractivity contribution is -0.146. The van der Waals surface area contributed by atoms with Crippen LogP contribution in [0.15, 0.2) is 0 Å². The van der Waals surface area contributed by atoms with Crippen LogP contribution in [0.4, 0.5) is 4.79 Å². The summed E-state index contributed by atoms with van der Waals surface area (Å²) < 4.78 is 0. The third-order valence-corrected chi connectivity index (χ3v) is 1.88. The number of aliphatic carboxylic acids is 1. The Morgan fingerprint density at radius 3 is 2.53 bits per heavy atom. The lowest BCUT2D eigenvalue weighted by atomic mass is 10.2. The first kappa shape index (κ1) is 13.7. The Morgan fingerprint density at radius 2 is 2.07 bits per heavy atom. The maximum atomic E-state index is 11.3. The van der Waals surface area contributed by atoms with E-state index in [9.17, 15) is 9.59 Å².